The van der Waals surface area contributed by atoms with Gasteiger partial charge in [0.25, 0.3) is 11.8 Å². The molecule has 0 aromatic heterocycles. The molecule has 134 valence electrons. The number of imide groups is 1. The Balaban J connectivity index is 2.14. The number of carbonyl (C=O) groups is 2. The fourth-order valence-electron chi connectivity index (χ4n) is 3.05. The van der Waals surface area contributed by atoms with Gasteiger partial charge in [-0.25, -0.2) is 0 Å². The molecule has 0 atom stereocenters. The highest BCUT2D eigenvalue weighted by Crippen LogP contribution is 2.36. The van der Waals surface area contributed by atoms with Crippen molar-refractivity contribution in [1.82, 2.24) is 4.90 Å². The largest absolute Gasteiger partial charge is 0.497 e. The number of ether oxygens (including phenoxy) is 2. The van der Waals surface area contributed by atoms with E-state index in [1.165, 1.54) is 4.90 Å². The highest BCUT2D eigenvalue weighted by molar-refractivity contribution is 6.49. The van der Waals surface area contributed by atoms with E-state index in [0.29, 0.717) is 46.7 Å². The molecule has 0 saturated heterocycles. The van der Waals surface area contributed by atoms with Crippen LogP contribution < -0.4 is 9.47 Å². The Hall–Kier alpha value is -3.08. The topological polar surface area (TPSA) is 55.8 Å². The predicted molar refractivity (Wildman–Crippen MR) is 99.8 cm³/mol. The van der Waals surface area contributed by atoms with Gasteiger partial charge in [-0.3, -0.25) is 14.5 Å². The van der Waals surface area contributed by atoms with Gasteiger partial charge >= 0.3 is 0 Å². The second kappa shape index (κ2) is 7.44. The third kappa shape index (κ3) is 3.08. The molecule has 1 aliphatic rings. The van der Waals surface area contributed by atoms with Gasteiger partial charge in [-0.1, -0.05) is 31.2 Å². The summed E-state index contributed by atoms with van der Waals surface area (Å²) in [5.74, 6) is 0.880. The van der Waals surface area contributed by atoms with Crippen molar-refractivity contribution in [2.75, 3.05) is 20.8 Å². The summed E-state index contributed by atoms with van der Waals surface area (Å²) >= 11 is 0. The quantitative estimate of drug-likeness (QED) is 0.749. The first-order chi connectivity index (χ1) is 12.6. The number of benzene rings is 2. The minimum absolute atomic E-state index is 0.257. The Bertz CT molecular complexity index is 781. The summed E-state index contributed by atoms with van der Waals surface area (Å²) in [5, 5.41) is 0. The van der Waals surface area contributed by atoms with Crippen molar-refractivity contribution in [3.05, 3.63) is 59.7 Å². The van der Waals surface area contributed by atoms with Gasteiger partial charge in [-0.15, -0.1) is 0 Å². The fraction of sp³-hybridized carbons (Fsp3) is 0.238. The molecule has 0 N–H and O–H groups in total. The van der Waals surface area contributed by atoms with E-state index < -0.39 is 0 Å². The molecule has 26 heavy (non-hydrogen) atoms. The van der Waals surface area contributed by atoms with E-state index in [2.05, 4.69) is 0 Å². The molecule has 0 saturated carbocycles. The molecule has 2 amide bonds. The van der Waals surface area contributed by atoms with Crippen molar-refractivity contribution in [3.8, 4) is 11.5 Å². The lowest BCUT2D eigenvalue weighted by Crippen LogP contribution is -2.32. The van der Waals surface area contributed by atoms with Gasteiger partial charge in [0.1, 0.15) is 11.5 Å². The summed E-state index contributed by atoms with van der Waals surface area (Å²) in [6.45, 7) is 2.34. The Morgan fingerprint density at radius 2 is 1.12 bits per heavy atom. The molecule has 1 heterocycles. The highest BCUT2D eigenvalue weighted by atomic mass is 16.5. The van der Waals surface area contributed by atoms with Gasteiger partial charge in [0.05, 0.1) is 25.4 Å². The molecule has 2 aromatic carbocycles. The van der Waals surface area contributed by atoms with Crippen molar-refractivity contribution in [1.29, 1.82) is 0 Å². The number of methoxy groups -OCH3 is 2. The summed E-state index contributed by atoms with van der Waals surface area (Å²) < 4.78 is 10.4. The van der Waals surface area contributed by atoms with Gasteiger partial charge in [-0.2, -0.15) is 0 Å². The molecular formula is C21H21NO4. The van der Waals surface area contributed by atoms with Crippen LogP contribution in [0.3, 0.4) is 0 Å². The van der Waals surface area contributed by atoms with E-state index in [0.717, 1.165) is 0 Å². The number of carbonyl (C=O) groups excluding carboxylic acids is 2. The molecule has 0 spiro atoms. The monoisotopic (exact) mass is 351 g/mol. The van der Waals surface area contributed by atoms with Crippen LogP contribution in [0.1, 0.15) is 24.5 Å². The lowest BCUT2D eigenvalue weighted by atomic mass is 9.96. The molecular weight excluding hydrogens is 330 g/mol. The van der Waals surface area contributed by atoms with E-state index in [-0.39, 0.29) is 11.8 Å². The van der Waals surface area contributed by atoms with Crippen LogP contribution in [0.4, 0.5) is 0 Å². The lowest BCUT2D eigenvalue weighted by Gasteiger charge is -2.13. The number of hydrogen-bond donors (Lipinski definition) is 0. The number of hydrogen-bond acceptors (Lipinski definition) is 4. The van der Waals surface area contributed by atoms with Crippen molar-refractivity contribution >= 4 is 23.0 Å². The number of nitrogens with zero attached hydrogens (tertiary/aromatic N) is 1. The Labute approximate surface area is 152 Å². The number of rotatable bonds is 6. The van der Waals surface area contributed by atoms with Crippen LogP contribution in [0.25, 0.3) is 11.1 Å². The molecule has 0 unspecified atom stereocenters. The second-order valence-electron chi connectivity index (χ2n) is 5.97. The lowest BCUT2D eigenvalue weighted by molar-refractivity contribution is -0.136. The predicted octanol–water partition coefficient (Wildman–Crippen LogP) is 3.39. The summed E-state index contributed by atoms with van der Waals surface area (Å²) in [4.78, 5) is 27.2. The molecule has 0 radical (unpaired) electrons. The van der Waals surface area contributed by atoms with E-state index in [9.17, 15) is 9.59 Å². The molecule has 3 rings (SSSR count). The van der Waals surface area contributed by atoms with Gasteiger partial charge in [0.15, 0.2) is 0 Å². The average Bonchev–Trinajstić information content (AvgIpc) is 2.93. The first-order valence-electron chi connectivity index (χ1n) is 8.50. The van der Waals surface area contributed by atoms with E-state index in [1.807, 2.05) is 6.92 Å². The SMILES string of the molecule is CCCN1C(=O)C(c2ccc(OC)cc2)=C(c2ccc(OC)cc2)C1=O. The zero-order chi connectivity index (χ0) is 18.7. The maximum Gasteiger partial charge on any atom is 0.262 e. The van der Waals surface area contributed by atoms with Crippen molar-refractivity contribution in [2.45, 2.75) is 13.3 Å². The van der Waals surface area contributed by atoms with Crippen molar-refractivity contribution < 1.29 is 19.1 Å². The third-order valence-corrected chi connectivity index (χ3v) is 4.37. The standard InChI is InChI=1S/C21H21NO4/c1-4-13-22-20(23)18(14-5-9-16(25-2)10-6-14)19(21(22)24)15-7-11-17(26-3)12-8-15/h5-12H,4,13H2,1-3H3. The van der Waals surface area contributed by atoms with Gasteiger partial charge in [0.2, 0.25) is 0 Å². The van der Waals surface area contributed by atoms with Crippen LogP contribution in [-0.2, 0) is 9.59 Å². The number of amides is 2. The van der Waals surface area contributed by atoms with Crippen LogP contribution in [0, 0.1) is 0 Å². The van der Waals surface area contributed by atoms with Gasteiger partial charge in [-0.05, 0) is 41.8 Å². The van der Waals surface area contributed by atoms with E-state index >= 15 is 0 Å². The molecule has 0 aliphatic carbocycles. The fourth-order valence-corrected chi connectivity index (χ4v) is 3.05. The van der Waals surface area contributed by atoms with Crippen molar-refractivity contribution in [3.63, 3.8) is 0 Å². The molecule has 1 aliphatic heterocycles. The Morgan fingerprint density at radius 3 is 1.42 bits per heavy atom. The molecule has 0 fully saturated rings. The Morgan fingerprint density at radius 1 is 0.731 bits per heavy atom. The van der Waals surface area contributed by atoms with Crippen LogP contribution in [0.5, 0.6) is 11.5 Å². The molecule has 2 aromatic rings. The summed E-state index contributed by atoms with van der Waals surface area (Å²) in [5.41, 5.74) is 2.26. The van der Waals surface area contributed by atoms with Crippen LogP contribution >= 0.6 is 0 Å². The summed E-state index contributed by atoms with van der Waals surface area (Å²) in [7, 11) is 3.18. The summed E-state index contributed by atoms with van der Waals surface area (Å²) in [6, 6.07) is 14.4. The zero-order valence-corrected chi connectivity index (χ0v) is 15.1. The van der Waals surface area contributed by atoms with Crippen molar-refractivity contribution in [2.24, 2.45) is 0 Å². The first kappa shape index (κ1) is 17.7. The smallest absolute Gasteiger partial charge is 0.262 e. The molecule has 0 bridgehead atoms. The normalized spacial score (nSPS) is 14.2. The minimum Gasteiger partial charge on any atom is -0.497 e. The van der Waals surface area contributed by atoms with Crippen LogP contribution in [0.15, 0.2) is 48.5 Å². The Kier molecular flexibility index (Phi) is 5.07. The van der Waals surface area contributed by atoms with Crippen LogP contribution in [-0.4, -0.2) is 37.5 Å². The third-order valence-electron chi connectivity index (χ3n) is 4.37. The minimum atomic E-state index is -0.257. The van der Waals surface area contributed by atoms with E-state index in [1.54, 1.807) is 62.8 Å². The molecule has 5 nitrogen and oxygen atoms in total. The van der Waals surface area contributed by atoms with Gasteiger partial charge < -0.3 is 9.47 Å². The zero-order valence-electron chi connectivity index (χ0n) is 15.1. The summed E-state index contributed by atoms with van der Waals surface area (Å²) in [6.07, 6.45) is 0.712. The highest BCUT2D eigenvalue weighted by Gasteiger charge is 2.38. The maximum absolute atomic E-state index is 13.0. The maximum atomic E-state index is 13.0. The van der Waals surface area contributed by atoms with Crippen LogP contribution in [0.2, 0.25) is 0 Å². The van der Waals surface area contributed by atoms with E-state index in [4.69, 9.17) is 9.47 Å². The van der Waals surface area contributed by atoms with Gasteiger partial charge in [0, 0.05) is 6.54 Å². The average molecular weight is 351 g/mol. The first-order valence-corrected chi connectivity index (χ1v) is 8.50. The second-order valence-corrected chi connectivity index (χ2v) is 5.97. The molecule has 5 heteroatoms.